The number of carbonyl (C=O) groups excluding carboxylic acids is 1. The highest BCUT2D eigenvalue weighted by Gasteiger charge is 2.30. The van der Waals surface area contributed by atoms with Gasteiger partial charge in [-0.05, 0) is 44.4 Å². The molecule has 2 saturated heterocycles. The second kappa shape index (κ2) is 12.6. The zero-order valence-electron chi connectivity index (χ0n) is 19.9. The number of hydrogen-bond acceptors (Lipinski definition) is 5. The van der Waals surface area contributed by atoms with Crippen molar-refractivity contribution in [3.8, 4) is 5.75 Å². The van der Waals surface area contributed by atoms with E-state index in [0.717, 1.165) is 75.9 Å². The summed E-state index contributed by atoms with van der Waals surface area (Å²) < 4.78 is 10.6. The summed E-state index contributed by atoms with van der Waals surface area (Å²) in [7, 11) is 1.67. The number of likely N-dealkylation sites (tertiary alicyclic amines) is 1. The molecule has 2 heterocycles. The van der Waals surface area contributed by atoms with Crippen LogP contribution in [0.25, 0.3) is 0 Å². The number of nitrogens with one attached hydrogen (secondary N) is 1. The van der Waals surface area contributed by atoms with Gasteiger partial charge in [-0.15, -0.1) is 0 Å². The first-order valence-electron chi connectivity index (χ1n) is 11.9. The fourth-order valence-electron chi connectivity index (χ4n) is 4.20. The van der Waals surface area contributed by atoms with Crippen molar-refractivity contribution in [3.63, 3.8) is 0 Å². The summed E-state index contributed by atoms with van der Waals surface area (Å²) in [4.78, 5) is 24.2. The molecule has 0 aliphatic carbocycles. The van der Waals surface area contributed by atoms with Crippen molar-refractivity contribution in [2.24, 2.45) is 4.99 Å². The molecule has 1 aromatic rings. The fourth-order valence-corrected chi connectivity index (χ4v) is 4.20. The largest absolute Gasteiger partial charge is 0.491 e. The number of guanidine groups is 1. The summed E-state index contributed by atoms with van der Waals surface area (Å²) in [5.74, 6) is 2.06. The molecule has 0 radical (unpaired) electrons. The van der Waals surface area contributed by atoms with Gasteiger partial charge >= 0.3 is 0 Å². The van der Waals surface area contributed by atoms with Gasteiger partial charge in [-0.2, -0.15) is 0 Å². The van der Waals surface area contributed by atoms with E-state index in [1.54, 1.807) is 7.11 Å². The number of methoxy groups -OCH3 is 1. The fraction of sp³-hybridized carbons (Fsp3) is 0.667. The van der Waals surface area contributed by atoms with Gasteiger partial charge in [0.05, 0.1) is 19.2 Å². The number of rotatable bonds is 9. The Balaban J connectivity index is 1.51. The van der Waals surface area contributed by atoms with Gasteiger partial charge < -0.3 is 24.6 Å². The number of carbonyl (C=O) groups is 1. The van der Waals surface area contributed by atoms with Gasteiger partial charge in [0.25, 0.3) is 0 Å². The third kappa shape index (κ3) is 6.84. The van der Waals surface area contributed by atoms with Crippen LogP contribution < -0.4 is 10.1 Å². The molecule has 0 saturated carbocycles. The highest BCUT2D eigenvalue weighted by Crippen LogP contribution is 2.15. The standard InChI is InChI=1S/C24H39N5O3/c1-4-25-24(26-19-21-7-9-22(10-8-21)32-18-17-31-3)29-15-13-27(14-16-29)20(2)23(30)28-11-5-6-12-28/h7-10,20H,4-6,11-19H2,1-3H3,(H,25,26). The average molecular weight is 446 g/mol. The Morgan fingerprint density at radius 1 is 1.03 bits per heavy atom. The van der Waals surface area contributed by atoms with E-state index in [1.165, 1.54) is 0 Å². The van der Waals surface area contributed by atoms with Crippen molar-refractivity contribution in [2.75, 3.05) is 66.1 Å². The molecule has 32 heavy (non-hydrogen) atoms. The quantitative estimate of drug-likeness (QED) is 0.355. The second-order valence-electron chi connectivity index (χ2n) is 8.39. The molecule has 2 aliphatic rings. The van der Waals surface area contributed by atoms with Crippen LogP contribution in [-0.2, 0) is 16.1 Å². The van der Waals surface area contributed by atoms with E-state index in [9.17, 15) is 4.79 Å². The first-order chi connectivity index (χ1) is 15.6. The molecular formula is C24H39N5O3. The number of hydrogen-bond donors (Lipinski definition) is 1. The van der Waals surface area contributed by atoms with Gasteiger partial charge in [0.1, 0.15) is 12.4 Å². The summed E-state index contributed by atoms with van der Waals surface area (Å²) in [5, 5.41) is 3.42. The van der Waals surface area contributed by atoms with Crippen molar-refractivity contribution in [1.82, 2.24) is 20.0 Å². The molecule has 0 bridgehead atoms. The van der Waals surface area contributed by atoms with Crippen LogP contribution in [0.1, 0.15) is 32.3 Å². The van der Waals surface area contributed by atoms with E-state index in [0.29, 0.717) is 19.8 Å². The Labute approximate surface area is 192 Å². The van der Waals surface area contributed by atoms with Crippen LogP contribution in [0.2, 0.25) is 0 Å². The number of piperazine rings is 1. The zero-order chi connectivity index (χ0) is 22.8. The molecule has 1 atom stereocenters. The maximum absolute atomic E-state index is 12.7. The van der Waals surface area contributed by atoms with Crippen LogP contribution in [0, 0.1) is 0 Å². The SMILES string of the molecule is CCNC(=NCc1ccc(OCCOC)cc1)N1CCN(C(C)C(=O)N2CCCC2)CC1. The highest BCUT2D eigenvalue weighted by molar-refractivity contribution is 5.82. The first kappa shape index (κ1) is 24.3. The minimum absolute atomic E-state index is 0.0422. The van der Waals surface area contributed by atoms with Crippen LogP contribution in [0.5, 0.6) is 5.75 Å². The van der Waals surface area contributed by atoms with E-state index in [1.807, 2.05) is 17.0 Å². The van der Waals surface area contributed by atoms with E-state index in [2.05, 4.69) is 41.1 Å². The molecule has 1 aromatic carbocycles. The molecular weight excluding hydrogens is 406 g/mol. The lowest BCUT2D eigenvalue weighted by Gasteiger charge is -2.39. The predicted molar refractivity (Wildman–Crippen MR) is 127 cm³/mol. The maximum Gasteiger partial charge on any atom is 0.239 e. The van der Waals surface area contributed by atoms with Crippen LogP contribution in [0.3, 0.4) is 0 Å². The highest BCUT2D eigenvalue weighted by atomic mass is 16.5. The second-order valence-corrected chi connectivity index (χ2v) is 8.39. The number of nitrogens with zero attached hydrogens (tertiary/aromatic N) is 4. The lowest BCUT2D eigenvalue weighted by Crippen LogP contribution is -2.57. The Bertz CT molecular complexity index is 726. The molecule has 0 aromatic heterocycles. The molecule has 3 rings (SSSR count). The molecule has 1 amide bonds. The van der Waals surface area contributed by atoms with Gasteiger partial charge in [0, 0.05) is 52.9 Å². The average Bonchev–Trinajstić information content (AvgIpc) is 3.37. The smallest absolute Gasteiger partial charge is 0.239 e. The number of aliphatic imine (C=N–C) groups is 1. The monoisotopic (exact) mass is 445 g/mol. The van der Waals surface area contributed by atoms with Gasteiger partial charge in [-0.3, -0.25) is 9.69 Å². The molecule has 178 valence electrons. The van der Waals surface area contributed by atoms with Crippen molar-refractivity contribution in [2.45, 2.75) is 39.3 Å². The molecule has 2 fully saturated rings. The summed E-state index contributed by atoms with van der Waals surface area (Å²) in [6.07, 6.45) is 2.27. The van der Waals surface area contributed by atoms with Gasteiger partial charge in [-0.1, -0.05) is 12.1 Å². The summed E-state index contributed by atoms with van der Waals surface area (Å²) >= 11 is 0. The number of ether oxygens (including phenoxy) is 2. The molecule has 2 aliphatic heterocycles. The van der Waals surface area contributed by atoms with Crippen LogP contribution in [-0.4, -0.2) is 98.7 Å². The summed E-state index contributed by atoms with van der Waals surface area (Å²) in [6.45, 7) is 12.0. The lowest BCUT2D eigenvalue weighted by atomic mass is 10.2. The molecule has 1 unspecified atom stereocenters. The normalized spacial score (nSPS) is 18.7. The topological polar surface area (TPSA) is 69.6 Å². The molecule has 8 heteroatoms. The van der Waals surface area contributed by atoms with E-state index in [4.69, 9.17) is 14.5 Å². The molecule has 8 nitrogen and oxygen atoms in total. The van der Waals surface area contributed by atoms with Crippen molar-refractivity contribution in [3.05, 3.63) is 29.8 Å². The molecule has 1 N–H and O–H groups in total. The van der Waals surface area contributed by atoms with Crippen LogP contribution in [0.4, 0.5) is 0 Å². The predicted octanol–water partition coefficient (Wildman–Crippen LogP) is 1.81. The lowest BCUT2D eigenvalue weighted by molar-refractivity contribution is -0.135. The van der Waals surface area contributed by atoms with Gasteiger partial charge in [0.15, 0.2) is 5.96 Å². The molecule has 0 spiro atoms. The number of amides is 1. The third-order valence-electron chi connectivity index (χ3n) is 6.16. The number of benzene rings is 1. The summed E-state index contributed by atoms with van der Waals surface area (Å²) in [5.41, 5.74) is 1.14. The maximum atomic E-state index is 12.7. The van der Waals surface area contributed by atoms with Crippen molar-refractivity contribution >= 4 is 11.9 Å². The van der Waals surface area contributed by atoms with Gasteiger partial charge in [0.2, 0.25) is 5.91 Å². The van der Waals surface area contributed by atoms with E-state index >= 15 is 0 Å². The first-order valence-corrected chi connectivity index (χ1v) is 11.9. The third-order valence-corrected chi connectivity index (χ3v) is 6.16. The Morgan fingerprint density at radius 3 is 2.34 bits per heavy atom. The van der Waals surface area contributed by atoms with Crippen molar-refractivity contribution in [1.29, 1.82) is 0 Å². The van der Waals surface area contributed by atoms with Crippen LogP contribution in [0.15, 0.2) is 29.3 Å². The zero-order valence-corrected chi connectivity index (χ0v) is 19.9. The minimum atomic E-state index is -0.0422. The Morgan fingerprint density at radius 2 is 1.72 bits per heavy atom. The van der Waals surface area contributed by atoms with Gasteiger partial charge in [-0.25, -0.2) is 4.99 Å². The summed E-state index contributed by atoms with van der Waals surface area (Å²) in [6, 6.07) is 8.02. The van der Waals surface area contributed by atoms with E-state index in [-0.39, 0.29) is 11.9 Å². The van der Waals surface area contributed by atoms with E-state index < -0.39 is 0 Å². The van der Waals surface area contributed by atoms with Crippen LogP contribution >= 0.6 is 0 Å². The minimum Gasteiger partial charge on any atom is -0.491 e. The van der Waals surface area contributed by atoms with Crippen molar-refractivity contribution < 1.29 is 14.3 Å². The Kier molecular flexibility index (Phi) is 9.62. The Hall–Kier alpha value is -2.32.